The highest BCUT2D eigenvalue weighted by molar-refractivity contribution is 5.83. The van der Waals surface area contributed by atoms with Crippen molar-refractivity contribution in [2.24, 2.45) is 11.8 Å². The molecule has 0 bridgehead atoms. The second-order valence-electron chi connectivity index (χ2n) is 4.85. The highest BCUT2D eigenvalue weighted by Crippen LogP contribution is 2.07. The Labute approximate surface area is 103 Å². The van der Waals surface area contributed by atoms with E-state index in [1.807, 2.05) is 20.8 Å². The molecule has 100 valence electrons. The number of rotatable bonds is 8. The number of carboxylic acid groups (broad SMARTS) is 1. The third kappa shape index (κ3) is 7.74. The molecule has 5 heteroatoms. The van der Waals surface area contributed by atoms with Gasteiger partial charge in [0, 0.05) is 20.1 Å². The number of aliphatic carboxylic acids is 1. The Morgan fingerprint density at radius 3 is 2.29 bits per heavy atom. The van der Waals surface area contributed by atoms with Gasteiger partial charge in [0.05, 0.1) is 0 Å². The summed E-state index contributed by atoms with van der Waals surface area (Å²) < 4.78 is 4.93. The van der Waals surface area contributed by atoms with Gasteiger partial charge in [0.25, 0.3) is 0 Å². The van der Waals surface area contributed by atoms with Crippen molar-refractivity contribution in [3.05, 3.63) is 0 Å². The lowest BCUT2D eigenvalue weighted by Gasteiger charge is -2.17. The summed E-state index contributed by atoms with van der Waals surface area (Å²) in [7, 11) is 1.58. The number of methoxy groups -OCH3 is 1. The van der Waals surface area contributed by atoms with Gasteiger partial charge in [-0.1, -0.05) is 20.8 Å². The number of carboxylic acids is 1. The van der Waals surface area contributed by atoms with Gasteiger partial charge < -0.3 is 15.2 Å². The predicted molar refractivity (Wildman–Crippen MR) is 64.7 cm³/mol. The van der Waals surface area contributed by atoms with Crippen LogP contribution >= 0.6 is 0 Å². The lowest BCUT2D eigenvalue weighted by atomic mass is 10.0. The molecule has 0 rings (SSSR count). The topological polar surface area (TPSA) is 75.6 Å². The van der Waals surface area contributed by atoms with Gasteiger partial charge in [-0.15, -0.1) is 0 Å². The summed E-state index contributed by atoms with van der Waals surface area (Å²) in [5.74, 6) is -0.893. The Kier molecular flexibility index (Phi) is 7.54. The SMILES string of the molecule is COCC(C)CC(=O)NC(CC(C)C)C(=O)O. The molecule has 0 aromatic rings. The Balaban J connectivity index is 4.17. The lowest BCUT2D eigenvalue weighted by molar-refractivity contribution is -0.142. The molecule has 5 nitrogen and oxygen atoms in total. The quantitative estimate of drug-likeness (QED) is 0.675. The fourth-order valence-electron chi connectivity index (χ4n) is 1.61. The van der Waals surface area contributed by atoms with E-state index in [2.05, 4.69) is 5.32 Å². The monoisotopic (exact) mass is 245 g/mol. The molecule has 2 unspecified atom stereocenters. The van der Waals surface area contributed by atoms with E-state index >= 15 is 0 Å². The molecule has 0 aliphatic heterocycles. The first-order valence-electron chi connectivity index (χ1n) is 5.87. The van der Waals surface area contributed by atoms with E-state index in [-0.39, 0.29) is 24.2 Å². The molecule has 0 fully saturated rings. The summed E-state index contributed by atoms with van der Waals surface area (Å²) in [6.45, 7) is 6.24. The maximum atomic E-state index is 11.6. The molecule has 0 spiro atoms. The molecule has 17 heavy (non-hydrogen) atoms. The predicted octanol–water partition coefficient (Wildman–Crippen LogP) is 1.27. The first-order chi connectivity index (χ1) is 7.86. The molecule has 0 radical (unpaired) electrons. The summed E-state index contributed by atoms with van der Waals surface area (Å²) in [4.78, 5) is 22.5. The largest absolute Gasteiger partial charge is 0.480 e. The average Bonchev–Trinajstić information content (AvgIpc) is 2.15. The highest BCUT2D eigenvalue weighted by Gasteiger charge is 2.21. The van der Waals surface area contributed by atoms with Crippen LogP contribution in [-0.4, -0.2) is 36.7 Å². The van der Waals surface area contributed by atoms with Crippen LogP contribution < -0.4 is 5.32 Å². The first-order valence-corrected chi connectivity index (χ1v) is 5.87. The second kappa shape index (κ2) is 8.06. The number of carbonyl (C=O) groups excluding carboxylic acids is 1. The molecule has 2 atom stereocenters. The number of amides is 1. The molecule has 0 heterocycles. The van der Waals surface area contributed by atoms with Crippen molar-refractivity contribution < 1.29 is 19.4 Å². The van der Waals surface area contributed by atoms with E-state index in [1.54, 1.807) is 7.11 Å². The normalized spacial score (nSPS) is 14.4. The Bertz CT molecular complexity index is 253. The van der Waals surface area contributed by atoms with Crippen LogP contribution in [0.2, 0.25) is 0 Å². The molecule has 0 aromatic carbocycles. The number of ether oxygens (including phenoxy) is 1. The minimum atomic E-state index is -0.980. The van der Waals surface area contributed by atoms with Gasteiger partial charge in [-0.2, -0.15) is 0 Å². The highest BCUT2D eigenvalue weighted by atomic mass is 16.5. The van der Waals surface area contributed by atoms with Crippen LogP contribution in [-0.2, 0) is 14.3 Å². The summed E-state index contributed by atoms with van der Waals surface area (Å²) in [6, 6.07) is -0.794. The lowest BCUT2D eigenvalue weighted by Crippen LogP contribution is -2.42. The van der Waals surface area contributed by atoms with Crippen LogP contribution in [0.3, 0.4) is 0 Å². The van der Waals surface area contributed by atoms with Gasteiger partial charge >= 0.3 is 5.97 Å². The van der Waals surface area contributed by atoms with Crippen molar-refractivity contribution >= 4 is 11.9 Å². The molecular weight excluding hydrogens is 222 g/mol. The Morgan fingerprint density at radius 1 is 1.29 bits per heavy atom. The fraction of sp³-hybridized carbons (Fsp3) is 0.833. The van der Waals surface area contributed by atoms with Crippen LogP contribution in [0.25, 0.3) is 0 Å². The maximum absolute atomic E-state index is 11.6. The Morgan fingerprint density at radius 2 is 1.88 bits per heavy atom. The van der Waals surface area contributed by atoms with E-state index in [4.69, 9.17) is 9.84 Å². The molecule has 0 aliphatic rings. The van der Waals surface area contributed by atoms with Crippen LogP contribution in [0.4, 0.5) is 0 Å². The molecule has 0 aliphatic carbocycles. The van der Waals surface area contributed by atoms with Gasteiger partial charge in [-0.05, 0) is 18.3 Å². The summed E-state index contributed by atoms with van der Waals surface area (Å²) in [5.41, 5.74) is 0. The fourth-order valence-corrected chi connectivity index (χ4v) is 1.61. The molecule has 1 amide bonds. The number of carbonyl (C=O) groups is 2. The molecular formula is C12H23NO4. The van der Waals surface area contributed by atoms with Crippen molar-refractivity contribution in [1.29, 1.82) is 0 Å². The molecule has 2 N–H and O–H groups in total. The third-order valence-electron chi connectivity index (χ3n) is 2.33. The molecule has 0 aromatic heterocycles. The van der Waals surface area contributed by atoms with Crippen LogP contribution in [0, 0.1) is 11.8 Å². The zero-order chi connectivity index (χ0) is 13.4. The van der Waals surface area contributed by atoms with Gasteiger partial charge in [0.15, 0.2) is 0 Å². The van der Waals surface area contributed by atoms with E-state index in [0.717, 1.165) is 0 Å². The zero-order valence-electron chi connectivity index (χ0n) is 11.0. The summed E-state index contributed by atoms with van der Waals surface area (Å²) in [5, 5.41) is 11.5. The van der Waals surface area contributed by atoms with Crippen LogP contribution in [0.1, 0.15) is 33.6 Å². The van der Waals surface area contributed by atoms with Gasteiger partial charge in [0.1, 0.15) is 6.04 Å². The van der Waals surface area contributed by atoms with Crippen molar-refractivity contribution in [2.75, 3.05) is 13.7 Å². The zero-order valence-corrected chi connectivity index (χ0v) is 11.0. The first kappa shape index (κ1) is 15.9. The van der Waals surface area contributed by atoms with Crippen molar-refractivity contribution in [2.45, 2.75) is 39.7 Å². The number of hydrogen-bond donors (Lipinski definition) is 2. The van der Waals surface area contributed by atoms with Gasteiger partial charge in [-0.3, -0.25) is 4.79 Å². The summed E-state index contributed by atoms with van der Waals surface area (Å²) >= 11 is 0. The maximum Gasteiger partial charge on any atom is 0.326 e. The van der Waals surface area contributed by atoms with E-state index < -0.39 is 12.0 Å². The Hall–Kier alpha value is -1.10. The molecule has 0 saturated heterocycles. The second-order valence-corrected chi connectivity index (χ2v) is 4.85. The van der Waals surface area contributed by atoms with Crippen LogP contribution in [0.5, 0.6) is 0 Å². The standard InChI is InChI=1S/C12H23NO4/c1-8(2)5-10(12(15)16)13-11(14)6-9(3)7-17-4/h8-10H,5-7H2,1-4H3,(H,13,14)(H,15,16). The van der Waals surface area contributed by atoms with Crippen LogP contribution in [0.15, 0.2) is 0 Å². The van der Waals surface area contributed by atoms with Crippen molar-refractivity contribution in [3.8, 4) is 0 Å². The number of hydrogen-bond acceptors (Lipinski definition) is 3. The van der Waals surface area contributed by atoms with Crippen molar-refractivity contribution in [1.82, 2.24) is 5.32 Å². The smallest absolute Gasteiger partial charge is 0.326 e. The molecule has 0 saturated carbocycles. The summed E-state index contributed by atoms with van der Waals surface area (Å²) in [6.07, 6.45) is 0.732. The minimum absolute atomic E-state index is 0.0912. The van der Waals surface area contributed by atoms with E-state index in [1.165, 1.54) is 0 Å². The van der Waals surface area contributed by atoms with E-state index in [0.29, 0.717) is 13.0 Å². The van der Waals surface area contributed by atoms with E-state index in [9.17, 15) is 9.59 Å². The van der Waals surface area contributed by atoms with Crippen molar-refractivity contribution in [3.63, 3.8) is 0 Å². The third-order valence-corrected chi connectivity index (χ3v) is 2.33. The van der Waals surface area contributed by atoms with Gasteiger partial charge in [-0.25, -0.2) is 4.79 Å². The van der Waals surface area contributed by atoms with Gasteiger partial charge in [0.2, 0.25) is 5.91 Å². The average molecular weight is 245 g/mol. The number of nitrogens with one attached hydrogen (secondary N) is 1. The minimum Gasteiger partial charge on any atom is -0.480 e.